The molecule has 0 unspecified atom stereocenters. The molecule has 0 radical (unpaired) electrons. The molecule has 0 aliphatic rings. The second-order valence-corrected chi connectivity index (χ2v) is 4.74. The molecule has 0 bridgehead atoms. The van der Waals surface area contributed by atoms with Gasteiger partial charge in [0.2, 0.25) is 0 Å². The smallest absolute Gasteiger partial charge is 0.330 e. The third kappa shape index (κ3) is 3.60. The van der Waals surface area contributed by atoms with E-state index in [1.807, 2.05) is 0 Å². The standard InChI is InChI=1S/C15H15N3O5/c1-3-23-15(20)10(2)17-14(19)8-7-13(16-17)11-5-4-6-12(9-11)18(21)22/h4-10H,3H2,1-2H3/t10-/m0/s1. The maximum Gasteiger partial charge on any atom is 0.330 e. The van der Waals surface area contributed by atoms with Crippen molar-refractivity contribution in [3.63, 3.8) is 0 Å². The number of esters is 1. The van der Waals surface area contributed by atoms with Crippen molar-refractivity contribution in [2.45, 2.75) is 19.9 Å². The summed E-state index contributed by atoms with van der Waals surface area (Å²) >= 11 is 0. The number of rotatable bonds is 5. The number of benzene rings is 1. The van der Waals surface area contributed by atoms with Gasteiger partial charge in [-0.05, 0) is 19.9 Å². The van der Waals surface area contributed by atoms with Crippen molar-refractivity contribution in [1.82, 2.24) is 9.78 Å². The van der Waals surface area contributed by atoms with Gasteiger partial charge in [0, 0.05) is 23.8 Å². The number of nitrogens with zero attached hydrogens (tertiary/aromatic N) is 3. The van der Waals surface area contributed by atoms with E-state index in [4.69, 9.17) is 4.74 Å². The second kappa shape index (κ2) is 6.82. The summed E-state index contributed by atoms with van der Waals surface area (Å²) in [6, 6.07) is 7.71. The van der Waals surface area contributed by atoms with Crippen molar-refractivity contribution < 1.29 is 14.5 Å². The van der Waals surface area contributed by atoms with Crippen LogP contribution in [0.4, 0.5) is 5.69 Å². The topological polar surface area (TPSA) is 104 Å². The molecule has 0 amide bonds. The Morgan fingerprint density at radius 3 is 2.78 bits per heavy atom. The van der Waals surface area contributed by atoms with Gasteiger partial charge in [-0.3, -0.25) is 14.9 Å². The number of aromatic nitrogens is 2. The fourth-order valence-electron chi connectivity index (χ4n) is 2.00. The number of non-ortho nitro benzene ring substituents is 1. The third-order valence-corrected chi connectivity index (χ3v) is 3.17. The van der Waals surface area contributed by atoms with Gasteiger partial charge in [-0.2, -0.15) is 5.10 Å². The summed E-state index contributed by atoms with van der Waals surface area (Å²) in [7, 11) is 0. The highest BCUT2D eigenvalue weighted by Crippen LogP contribution is 2.21. The average Bonchev–Trinajstić information content (AvgIpc) is 2.55. The van der Waals surface area contributed by atoms with Gasteiger partial charge in [0.15, 0.2) is 6.04 Å². The van der Waals surface area contributed by atoms with E-state index >= 15 is 0 Å². The summed E-state index contributed by atoms with van der Waals surface area (Å²) in [5.74, 6) is -0.571. The summed E-state index contributed by atoms with van der Waals surface area (Å²) in [5.41, 5.74) is 0.286. The van der Waals surface area contributed by atoms with Crippen LogP contribution in [0.1, 0.15) is 19.9 Å². The van der Waals surface area contributed by atoms with Gasteiger partial charge in [-0.25, -0.2) is 9.48 Å². The van der Waals surface area contributed by atoms with Gasteiger partial charge in [0.05, 0.1) is 17.2 Å². The first-order valence-electron chi connectivity index (χ1n) is 6.95. The van der Waals surface area contributed by atoms with E-state index in [9.17, 15) is 19.7 Å². The SMILES string of the molecule is CCOC(=O)[C@H](C)n1nc(-c2cccc([N+](=O)[O-])c2)ccc1=O. The molecule has 0 saturated heterocycles. The highest BCUT2D eigenvalue weighted by atomic mass is 16.6. The number of nitro benzene ring substituents is 1. The zero-order chi connectivity index (χ0) is 17.0. The maximum atomic E-state index is 11.9. The van der Waals surface area contributed by atoms with Crippen LogP contribution in [0.5, 0.6) is 0 Å². The van der Waals surface area contributed by atoms with Crippen molar-refractivity contribution in [3.8, 4) is 11.3 Å². The minimum Gasteiger partial charge on any atom is -0.464 e. The predicted molar refractivity (Wildman–Crippen MR) is 81.9 cm³/mol. The van der Waals surface area contributed by atoms with Crippen molar-refractivity contribution in [3.05, 3.63) is 56.9 Å². The summed E-state index contributed by atoms with van der Waals surface area (Å²) in [6.07, 6.45) is 0. The lowest BCUT2D eigenvalue weighted by molar-refractivity contribution is -0.384. The van der Waals surface area contributed by atoms with Crippen molar-refractivity contribution in [1.29, 1.82) is 0 Å². The Bertz CT molecular complexity index is 800. The highest BCUT2D eigenvalue weighted by Gasteiger charge is 2.19. The highest BCUT2D eigenvalue weighted by molar-refractivity contribution is 5.73. The van der Waals surface area contributed by atoms with Crippen LogP contribution in [0.2, 0.25) is 0 Å². The largest absolute Gasteiger partial charge is 0.464 e. The van der Waals surface area contributed by atoms with Crippen molar-refractivity contribution in [2.75, 3.05) is 6.61 Å². The van der Waals surface area contributed by atoms with Crippen LogP contribution in [0.3, 0.4) is 0 Å². The van der Waals surface area contributed by atoms with Gasteiger partial charge in [0.25, 0.3) is 11.2 Å². The number of hydrogen-bond acceptors (Lipinski definition) is 6. The number of carbonyl (C=O) groups is 1. The Morgan fingerprint density at radius 2 is 2.13 bits per heavy atom. The molecule has 2 rings (SSSR count). The lowest BCUT2D eigenvalue weighted by Gasteiger charge is -2.13. The van der Waals surface area contributed by atoms with Crippen LogP contribution in [0.25, 0.3) is 11.3 Å². The minimum atomic E-state index is -0.888. The monoisotopic (exact) mass is 317 g/mol. The molecular weight excluding hydrogens is 302 g/mol. The molecular formula is C15H15N3O5. The normalized spacial score (nSPS) is 11.7. The average molecular weight is 317 g/mol. The van der Waals surface area contributed by atoms with Crippen LogP contribution < -0.4 is 5.56 Å². The Hall–Kier alpha value is -3.03. The molecule has 0 N–H and O–H groups in total. The number of hydrogen-bond donors (Lipinski definition) is 0. The molecule has 0 spiro atoms. The van der Waals surface area contributed by atoms with Gasteiger partial charge < -0.3 is 4.74 Å². The summed E-state index contributed by atoms with van der Waals surface area (Å²) in [6.45, 7) is 3.37. The van der Waals surface area contributed by atoms with Crippen molar-refractivity contribution >= 4 is 11.7 Å². The Kier molecular flexibility index (Phi) is 4.85. The predicted octanol–water partition coefficient (Wildman–Crippen LogP) is 1.94. The first-order chi connectivity index (χ1) is 10.9. The molecule has 23 heavy (non-hydrogen) atoms. The molecule has 1 aromatic heterocycles. The first-order valence-corrected chi connectivity index (χ1v) is 6.95. The molecule has 0 aliphatic carbocycles. The fourth-order valence-corrected chi connectivity index (χ4v) is 2.00. The molecule has 8 nitrogen and oxygen atoms in total. The first kappa shape index (κ1) is 16.3. The summed E-state index contributed by atoms with van der Waals surface area (Å²) in [5, 5.41) is 15.0. The number of carbonyl (C=O) groups excluding carboxylic acids is 1. The summed E-state index contributed by atoms with van der Waals surface area (Å²) in [4.78, 5) is 34.0. The van der Waals surface area contributed by atoms with Crippen LogP contribution in [-0.4, -0.2) is 27.3 Å². The molecule has 1 aromatic carbocycles. The van der Waals surface area contributed by atoms with Gasteiger partial charge in [-0.1, -0.05) is 12.1 Å². The maximum absolute atomic E-state index is 11.9. The van der Waals surface area contributed by atoms with Crippen LogP contribution in [-0.2, 0) is 9.53 Å². The van der Waals surface area contributed by atoms with E-state index in [-0.39, 0.29) is 12.3 Å². The molecule has 0 aliphatic heterocycles. The zero-order valence-corrected chi connectivity index (χ0v) is 12.6. The van der Waals surface area contributed by atoms with Gasteiger partial charge in [-0.15, -0.1) is 0 Å². The number of ether oxygens (including phenoxy) is 1. The molecule has 1 atom stereocenters. The molecule has 2 aromatic rings. The van der Waals surface area contributed by atoms with Gasteiger partial charge >= 0.3 is 5.97 Å². The second-order valence-electron chi connectivity index (χ2n) is 4.74. The van der Waals surface area contributed by atoms with Gasteiger partial charge in [0.1, 0.15) is 0 Å². The van der Waals surface area contributed by atoms with Crippen LogP contribution in [0.15, 0.2) is 41.2 Å². The molecule has 120 valence electrons. The lowest BCUT2D eigenvalue weighted by atomic mass is 10.1. The molecule has 1 heterocycles. The van der Waals surface area contributed by atoms with E-state index in [2.05, 4.69) is 5.10 Å². The van der Waals surface area contributed by atoms with E-state index in [0.717, 1.165) is 4.68 Å². The molecule has 8 heteroatoms. The molecule has 0 fully saturated rings. The lowest BCUT2D eigenvalue weighted by Crippen LogP contribution is -2.31. The van der Waals surface area contributed by atoms with E-state index < -0.39 is 22.5 Å². The zero-order valence-electron chi connectivity index (χ0n) is 12.6. The minimum absolute atomic E-state index is 0.0829. The van der Waals surface area contributed by atoms with E-state index in [0.29, 0.717) is 11.3 Å². The third-order valence-electron chi connectivity index (χ3n) is 3.17. The Balaban J connectivity index is 2.45. The van der Waals surface area contributed by atoms with E-state index in [1.165, 1.54) is 37.3 Å². The Morgan fingerprint density at radius 1 is 1.39 bits per heavy atom. The van der Waals surface area contributed by atoms with E-state index in [1.54, 1.807) is 13.0 Å². The fraction of sp³-hybridized carbons (Fsp3) is 0.267. The van der Waals surface area contributed by atoms with Crippen molar-refractivity contribution in [2.24, 2.45) is 0 Å². The molecule has 0 saturated carbocycles. The number of nitro groups is 1. The van der Waals surface area contributed by atoms with Crippen LogP contribution >= 0.6 is 0 Å². The Labute approximate surface area is 131 Å². The van der Waals surface area contributed by atoms with Crippen LogP contribution in [0, 0.1) is 10.1 Å². The quantitative estimate of drug-likeness (QED) is 0.474. The summed E-state index contributed by atoms with van der Waals surface area (Å²) < 4.78 is 5.89.